The van der Waals surface area contributed by atoms with Crippen LogP contribution in [0.15, 0.2) is 64.6 Å². The van der Waals surface area contributed by atoms with Crippen molar-refractivity contribution in [2.45, 2.75) is 26.3 Å². The van der Waals surface area contributed by atoms with Gasteiger partial charge in [-0.1, -0.05) is 35.8 Å². The Labute approximate surface area is 160 Å². The number of pyridine rings is 1. The van der Waals surface area contributed by atoms with Gasteiger partial charge in [-0.3, -0.25) is 19.5 Å². The highest BCUT2D eigenvalue weighted by atomic mass is 79.9. The number of amides is 1. The largest absolute Gasteiger partial charge is 0.503 e. The number of carbonyl (C=O) groups excluding carboxylic acids is 2. The molecule has 0 fully saturated rings. The molecule has 1 amide bonds. The highest BCUT2D eigenvalue weighted by Crippen LogP contribution is 2.41. The van der Waals surface area contributed by atoms with Crippen LogP contribution in [0.5, 0.6) is 0 Å². The minimum atomic E-state index is -0.675. The number of Topliss-reactive ketones (excluding diaryl/α,β-unsaturated/α-hetero) is 1. The van der Waals surface area contributed by atoms with Crippen LogP contribution < -0.4 is 4.90 Å². The van der Waals surface area contributed by atoms with Crippen LogP contribution in [0.3, 0.4) is 0 Å². The summed E-state index contributed by atoms with van der Waals surface area (Å²) in [6, 6.07) is 10.1. The Balaban J connectivity index is 2.14. The summed E-state index contributed by atoms with van der Waals surface area (Å²) < 4.78 is 0.803. The van der Waals surface area contributed by atoms with Crippen LogP contribution >= 0.6 is 15.9 Å². The van der Waals surface area contributed by atoms with Crippen molar-refractivity contribution in [1.29, 1.82) is 0 Å². The maximum absolute atomic E-state index is 12.8. The average molecular weight is 415 g/mol. The molecule has 0 radical (unpaired) electrons. The lowest BCUT2D eigenvalue weighted by molar-refractivity contribution is -0.118. The standard InChI is InChI=1S/C20H19BrN2O3/c1-12(2)10-16(24)17-18(13-6-8-22-9-7-13)23(20(26)19(17)25)15-5-3-4-14(21)11-15/h3-9,11-12,18,25H,10H2,1-2H3. The summed E-state index contributed by atoms with van der Waals surface area (Å²) in [6.07, 6.45) is 3.48. The van der Waals surface area contributed by atoms with Crippen LogP contribution in [-0.2, 0) is 9.59 Å². The molecule has 26 heavy (non-hydrogen) atoms. The van der Waals surface area contributed by atoms with E-state index in [0.717, 1.165) is 10.0 Å². The summed E-state index contributed by atoms with van der Waals surface area (Å²) in [4.78, 5) is 31.1. The fourth-order valence-corrected chi connectivity index (χ4v) is 3.51. The van der Waals surface area contributed by atoms with Gasteiger partial charge in [-0.25, -0.2) is 0 Å². The minimum Gasteiger partial charge on any atom is -0.503 e. The molecule has 0 aliphatic carbocycles. The summed E-state index contributed by atoms with van der Waals surface area (Å²) in [7, 11) is 0. The van der Waals surface area contributed by atoms with Crippen molar-refractivity contribution in [1.82, 2.24) is 4.98 Å². The molecule has 1 atom stereocenters. The highest BCUT2D eigenvalue weighted by molar-refractivity contribution is 9.10. The smallest absolute Gasteiger partial charge is 0.294 e. The molecule has 1 aliphatic heterocycles. The molecular weight excluding hydrogens is 396 g/mol. The first-order valence-electron chi connectivity index (χ1n) is 8.35. The zero-order valence-corrected chi connectivity index (χ0v) is 16.1. The van der Waals surface area contributed by atoms with Gasteiger partial charge in [-0.05, 0) is 41.8 Å². The van der Waals surface area contributed by atoms with Crippen molar-refractivity contribution in [2.75, 3.05) is 4.90 Å². The number of carbonyl (C=O) groups is 2. The summed E-state index contributed by atoms with van der Waals surface area (Å²) in [5.41, 5.74) is 1.48. The van der Waals surface area contributed by atoms with Crippen molar-refractivity contribution in [3.63, 3.8) is 0 Å². The predicted molar refractivity (Wildman–Crippen MR) is 103 cm³/mol. The molecule has 0 bridgehead atoms. The number of aliphatic hydroxyl groups is 1. The number of rotatable bonds is 5. The quantitative estimate of drug-likeness (QED) is 0.788. The number of nitrogens with zero attached hydrogens (tertiary/aromatic N) is 2. The van der Waals surface area contributed by atoms with Gasteiger partial charge in [0.15, 0.2) is 11.5 Å². The maximum atomic E-state index is 12.8. The monoisotopic (exact) mass is 414 g/mol. The number of anilines is 1. The first-order chi connectivity index (χ1) is 12.4. The number of aliphatic hydroxyl groups excluding tert-OH is 1. The van der Waals surface area contributed by atoms with E-state index in [4.69, 9.17) is 0 Å². The van der Waals surface area contributed by atoms with Gasteiger partial charge in [-0.2, -0.15) is 0 Å². The van der Waals surface area contributed by atoms with Crippen molar-refractivity contribution in [3.05, 3.63) is 70.2 Å². The Bertz CT molecular complexity index is 878. The summed E-state index contributed by atoms with van der Waals surface area (Å²) in [5, 5.41) is 10.5. The van der Waals surface area contributed by atoms with Gasteiger partial charge in [0.1, 0.15) is 0 Å². The molecule has 6 heteroatoms. The molecule has 2 aromatic rings. The Hall–Kier alpha value is -2.47. The molecule has 5 nitrogen and oxygen atoms in total. The topological polar surface area (TPSA) is 70.5 Å². The molecule has 2 heterocycles. The third-order valence-corrected chi connectivity index (χ3v) is 4.70. The van der Waals surface area contributed by atoms with Crippen molar-refractivity contribution in [2.24, 2.45) is 5.92 Å². The van der Waals surface area contributed by atoms with E-state index < -0.39 is 17.7 Å². The first kappa shape index (κ1) is 18.3. The maximum Gasteiger partial charge on any atom is 0.294 e. The normalized spacial score (nSPS) is 17.3. The number of hydrogen-bond donors (Lipinski definition) is 1. The van der Waals surface area contributed by atoms with Gasteiger partial charge in [-0.15, -0.1) is 0 Å². The van der Waals surface area contributed by atoms with E-state index in [1.807, 2.05) is 19.9 Å². The lowest BCUT2D eigenvalue weighted by Gasteiger charge is -2.27. The Morgan fingerprint density at radius 2 is 1.96 bits per heavy atom. The zero-order chi connectivity index (χ0) is 18.8. The number of halogens is 1. The lowest BCUT2D eigenvalue weighted by atomic mass is 9.92. The molecule has 1 unspecified atom stereocenters. The third-order valence-electron chi connectivity index (χ3n) is 4.21. The zero-order valence-electron chi connectivity index (χ0n) is 14.5. The van der Waals surface area contributed by atoms with E-state index in [9.17, 15) is 14.7 Å². The van der Waals surface area contributed by atoms with Gasteiger partial charge in [0.05, 0.1) is 11.6 Å². The van der Waals surface area contributed by atoms with Crippen molar-refractivity contribution in [3.8, 4) is 0 Å². The molecule has 3 rings (SSSR count). The van der Waals surface area contributed by atoms with Crippen LogP contribution in [0.1, 0.15) is 31.9 Å². The van der Waals surface area contributed by atoms with Crippen LogP contribution in [0, 0.1) is 5.92 Å². The average Bonchev–Trinajstić information content (AvgIpc) is 2.87. The fourth-order valence-electron chi connectivity index (χ4n) is 3.12. The predicted octanol–water partition coefficient (Wildman–Crippen LogP) is 4.36. The molecule has 0 saturated carbocycles. The minimum absolute atomic E-state index is 0.121. The third kappa shape index (κ3) is 3.42. The van der Waals surface area contributed by atoms with E-state index in [-0.39, 0.29) is 23.7 Å². The van der Waals surface area contributed by atoms with E-state index in [1.165, 1.54) is 4.90 Å². The number of benzene rings is 1. The van der Waals surface area contributed by atoms with E-state index >= 15 is 0 Å². The number of aromatic nitrogens is 1. The first-order valence-corrected chi connectivity index (χ1v) is 9.14. The molecule has 0 saturated heterocycles. The fraction of sp³-hybridized carbons (Fsp3) is 0.250. The second-order valence-corrected chi connectivity index (χ2v) is 7.54. The molecule has 134 valence electrons. The van der Waals surface area contributed by atoms with Gasteiger partial charge in [0.25, 0.3) is 5.91 Å². The van der Waals surface area contributed by atoms with Crippen LogP contribution in [0.2, 0.25) is 0 Å². The number of hydrogen-bond acceptors (Lipinski definition) is 4. The molecule has 1 aromatic heterocycles. The second-order valence-electron chi connectivity index (χ2n) is 6.62. The summed E-state index contributed by atoms with van der Waals surface area (Å²) in [6.45, 7) is 3.86. The highest BCUT2D eigenvalue weighted by Gasteiger charge is 2.44. The van der Waals surface area contributed by atoms with Crippen molar-refractivity contribution >= 4 is 33.3 Å². The van der Waals surface area contributed by atoms with Gasteiger partial charge in [0, 0.05) is 29.0 Å². The Morgan fingerprint density at radius 3 is 2.58 bits per heavy atom. The molecule has 1 aliphatic rings. The molecular formula is C20H19BrN2O3. The SMILES string of the molecule is CC(C)CC(=O)C1=C(O)C(=O)N(c2cccc(Br)c2)C1c1ccncc1. The molecule has 0 spiro atoms. The molecule has 1 N–H and O–H groups in total. The van der Waals surface area contributed by atoms with Crippen molar-refractivity contribution < 1.29 is 14.7 Å². The summed E-state index contributed by atoms with van der Waals surface area (Å²) >= 11 is 3.41. The van der Waals surface area contributed by atoms with E-state index in [0.29, 0.717) is 5.69 Å². The Kier molecular flexibility index (Phi) is 5.23. The lowest BCUT2D eigenvalue weighted by Crippen LogP contribution is -2.31. The van der Waals surface area contributed by atoms with Gasteiger partial charge < -0.3 is 5.11 Å². The van der Waals surface area contributed by atoms with Crippen LogP contribution in [0.25, 0.3) is 0 Å². The van der Waals surface area contributed by atoms with Gasteiger partial charge >= 0.3 is 0 Å². The Morgan fingerprint density at radius 1 is 1.27 bits per heavy atom. The second kappa shape index (κ2) is 7.41. The van der Waals surface area contributed by atoms with Crippen LogP contribution in [0.4, 0.5) is 5.69 Å². The van der Waals surface area contributed by atoms with E-state index in [2.05, 4.69) is 20.9 Å². The number of ketones is 1. The van der Waals surface area contributed by atoms with E-state index in [1.54, 1.807) is 42.7 Å². The van der Waals surface area contributed by atoms with Crippen LogP contribution in [-0.4, -0.2) is 21.8 Å². The molecule has 1 aromatic carbocycles. The van der Waals surface area contributed by atoms with Gasteiger partial charge in [0.2, 0.25) is 0 Å². The summed E-state index contributed by atoms with van der Waals surface area (Å²) in [5.74, 6) is -1.14.